The number of β-lactam (4-membered cyclic amide) rings is 1. The van der Waals surface area contributed by atoms with E-state index < -0.39 is 46.0 Å². The van der Waals surface area contributed by atoms with Crippen molar-refractivity contribution in [2.24, 2.45) is 11.8 Å². The molecule has 0 aromatic heterocycles. The van der Waals surface area contributed by atoms with Crippen LogP contribution in [0.15, 0.2) is 46.5 Å². The Kier molecular flexibility index (Phi) is 6.52. The lowest BCUT2D eigenvalue weighted by atomic mass is 9.71. The molecule has 2 N–H and O–H groups in total. The van der Waals surface area contributed by atoms with E-state index in [0.717, 1.165) is 78.7 Å². The molecule has 5 unspecified atom stereocenters. The number of aliphatic hydroxyl groups excluding tert-OH is 2. The van der Waals surface area contributed by atoms with E-state index >= 15 is 0 Å². The van der Waals surface area contributed by atoms with E-state index in [4.69, 9.17) is 0 Å². The van der Waals surface area contributed by atoms with Crippen LogP contribution >= 0.6 is 0 Å². The van der Waals surface area contributed by atoms with E-state index in [-0.39, 0.29) is 23.1 Å². The Bertz CT molecular complexity index is 1750. The van der Waals surface area contributed by atoms with Crippen molar-refractivity contribution in [2.45, 2.75) is 62.2 Å². The molecule has 2 aromatic rings. The zero-order valence-corrected chi connectivity index (χ0v) is 26.4. The van der Waals surface area contributed by atoms with Gasteiger partial charge in [0.1, 0.15) is 45.8 Å². The standard InChI is InChI=1S/C33H41N4O7S/c1-20(39)27-30-23-6-2-7-24(29(23)31(33(41)42)34(30)32(27)40)35-25-10-9-21(22-5-3-8-26(28(22)25)45(35,43)44)19-37-15-12-36(13-16-37,14-17-37)11-4-18-38/h3,5,8-10,20,23-24,27,30,38-39H,2,4,6-7,11-19H2,1H3/q+1. The highest BCUT2D eigenvalue weighted by atomic mass is 32.2. The van der Waals surface area contributed by atoms with Gasteiger partial charge < -0.3 is 34.0 Å². The van der Waals surface area contributed by atoms with Crippen LogP contribution in [0.1, 0.15) is 38.2 Å². The molecule has 11 nitrogen and oxygen atoms in total. The Morgan fingerprint density at radius 1 is 1.07 bits per heavy atom. The molecule has 4 saturated heterocycles. The van der Waals surface area contributed by atoms with Crippen LogP contribution in [0, 0.1) is 11.8 Å². The maximum atomic E-state index is 14.4. The molecule has 7 aliphatic rings. The van der Waals surface area contributed by atoms with E-state index in [1.165, 1.54) is 9.21 Å². The summed E-state index contributed by atoms with van der Waals surface area (Å²) in [6.07, 6.45) is 1.62. The summed E-state index contributed by atoms with van der Waals surface area (Å²) >= 11 is 0. The van der Waals surface area contributed by atoms with E-state index in [1.54, 1.807) is 19.1 Å². The van der Waals surface area contributed by atoms with E-state index in [9.17, 15) is 33.3 Å². The van der Waals surface area contributed by atoms with Crippen LogP contribution in [0.5, 0.6) is 0 Å². The Labute approximate surface area is 263 Å². The van der Waals surface area contributed by atoms with Gasteiger partial charge in [0, 0.05) is 29.9 Å². The van der Waals surface area contributed by atoms with E-state index in [2.05, 4.69) is 6.07 Å². The quantitative estimate of drug-likeness (QED) is 0.314. The van der Waals surface area contributed by atoms with Crippen molar-refractivity contribution in [3.8, 4) is 0 Å². The normalized spacial score (nSPS) is 35.0. The van der Waals surface area contributed by atoms with Gasteiger partial charge in [0.05, 0.1) is 52.9 Å². The number of hydrogen-bond acceptors (Lipinski definition) is 7. The molecule has 6 heterocycles. The first kappa shape index (κ1) is 29.4. The first-order chi connectivity index (χ1) is 21.5. The smallest absolute Gasteiger partial charge is 0.265 e. The van der Waals surface area contributed by atoms with Gasteiger partial charge in [-0.25, -0.2) is 8.42 Å². The Morgan fingerprint density at radius 3 is 2.44 bits per heavy atom. The van der Waals surface area contributed by atoms with Gasteiger partial charge in [-0.1, -0.05) is 24.6 Å². The monoisotopic (exact) mass is 637 g/mol. The highest BCUT2D eigenvalue weighted by molar-refractivity contribution is 7.93. The summed E-state index contributed by atoms with van der Waals surface area (Å²) in [7, 11) is -4.02. The van der Waals surface area contributed by atoms with Gasteiger partial charge >= 0.3 is 0 Å². The second-order valence-electron chi connectivity index (χ2n) is 14.3. The lowest BCUT2D eigenvalue weighted by Gasteiger charge is -2.55. The van der Waals surface area contributed by atoms with Crippen molar-refractivity contribution >= 4 is 38.4 Å². The number of aliphatic carboxylic acids is 1. The zero-order valence-electron chi connectivity index (χ0n) is 25.6. The molecule has 45 heavy (non-hydrogen) atoms. The SMILES string of the molecule is CC(O)C1C(=O)N2C(C(=O)[O-])=C3C(CCCC3N3c4ccc(C[N+]56CC[N+](CCCO)(CC5)CC6)c5cccc(c45)S3(=O)=O)C12. The van der Waals surface area contributed by atoms with Crippen LogP contribution in [-0.2, 0) is 26.2 Å². The summed E-state index contributed by atoms with van der Waals surface area (Å²) in [4.78, 5) is 27.1. The first-order valence-corrected chi connectivity index (χ1v) is 17.8. The van der Waals surface area contributed by atoms with Gasteiger partial charge in [0.25, 0.3) is 10.0 Å². The molecule has 2 bridgehead atoms. The fraction of sp³-hybridized carbons (Fsp3) is 0.576. The third-order valence-corrected chi connectivity index (χ3v) is 14.0. The van der Waals surface area contributed by atoms with Gasteiger partial charge in [0.15, 0.2) is 0 Å². The van der Waals surface area contributed by atoms with Gasteiger partial charge in [-0.2, -0.15) is 0 Å². The Morgan fingerprint density at radius 2 is 1.78 bits per heavy atom. The zero-order chi connectivity index (χ0) is 31.5. The van der Waals surface area contributed by atoms with Gasteiger partial charge in [0.2, 0.25) is 5.91 Å². The number of carbonyl (C=O) groups is 2. The Balaban J connectivity index is 1.17. The fourth-order valence-electron chi connectivity index (χ4n) is 9.90. The van der Waals surface area contributed by atoms with Crippen molar-refractivity contribution in [3.05, 3.63) is 47.2 Å². The number of anilines is 1. The lowest BCUT2D eigenvalue weighted by molar-refractivity contribution is -1.09. The summed E-state index contributed by atoms with van der Waals surface area (Å²) in [5, 5.41) is 33.9. The van der Waals surface area contributed by atoms with Crippen molar-refractivity contribution in [1.82, 2.24) is 4.90 Å². The number of piperazine rings is 3. The van der Waals surface area contributed by atoms with Crippen LogP contribution in [-0.4, -0.2) is 115 Å². The molecular weight excluding hydrogens is 596 g/mol. The van der Waals surface area contributed by atoms with Crippen molar-refractivity contribution < 1.29 is 42.3 Å². The Hall–Kier alpha value is -3.03. The molecule has 12 heteroatoms. The molecule has 0 radical (unpaired) electrons. The highest BCUT2D eigenvalue weighted by Gasteiger charge is 2.62. The maximum Gasteiger partial charge on any atom is 0.265 e. The highest BCUT2D eigenvalue weighted by Crippen LogP contribution is 2.55. The molecule has 5 fully saturated rings. The lowest BCUT2D eigenvalue weighted by Crippen LogP contribution is -2.74. The number of amides is 1. The molecule has 240 valence electrons. The number of aliphatic hydroxyl groups is 2. The fourth-order valence-corrected chi connectivity index (χ4v) is 11.8. The third kappa shape index (κ3) is 3.98. The molecule has 9 rings (SSSR count). The van der Waals surface area contributed by atoms with Crippen LogP contribution in [0.2, 0.25) is 0 Å². The van der Waals surface area contributed by atoms with E-state index in [0.29, 0.717) is 35.9 Å². The van der Waals surface area contributed by atoms with Gasteiger partial charge in [-0.05, 0) is 42.9 Å². The van der Waals surface area contributed by atoms with Crippen molar-refractivity contribution in [1.29, 1.82) is 0 Å². The summed E-state index contributed by atoms with van der Waals surface area (Å²) < 4.78 is 32.3. The molecule has 2 aromatic carbocycles. The number of hydrogen-bond donors (Lipinski definition) is 2. The second kappa shape index (κ2) is 9.98. The summed E-state index contributed by atoms with van der Waals surface area (Å²) in [5.41, 5.74) is 1.91. The summed E-state index contributed by atoms with van der Waals surface area (Å²) in [5.74, 6) is -2.98. The maximum absolute atomic E-state index is 14.4. The number of carboxylic acid groups (broad SMARTS) is 1. The minimum Gasteiger partial charge on any atom is -0.543 e. The molecule has 1 amide bonds. The second-order valence-corrected chi connectivity index (χ2v) is 16.1. The summed E-state index contributed by atoms with van der Waals surface area (Å²) in [6, 6.07) is 8.16. The van der Waals surface area contributed by atoms with Crippen LogP contribution in [0.3, 0.4) is 0 Å². The summed E-state index contributed by atoms with van der Waals surface area (Å²) in [6.45, 7) is 10.1. The number of nitrogens with zero attached hydrogens (tertiary/aromatic N) is 4. The molecular formula is C33H41N4O7S+. The van der Waals surface area contributed by atoms with E-state index in [1.807, 2.05) is 12.1 Å². The van der Waals surface area contributed by atoms with Crippen LogP contribution < -0.4 is 9.41 Å². The molecule has 0 spiro atoms. The number of fused-ring (bicyclic) bond motifs is 6. The first-order valence-electron chi connectivity index (χ1n) is 16.4. The average Bonchev–Trinajstić information content (AvgIpc) is 3.45. The molecule has 1 aliphatic carbocycles. The number of benzene rings is 2. The number of sulfonamides is 1. The largest absolute Gasteiger partial charge is 0.543 e. The molecule has 6 aliphatic heterocycles. The van der Waals surface area contributed by atoms with Gasteiger partial charge in [-0.3, -0.25) is 9.10 Å². The minimum atomic E-state index is -4.02. The van der Waals surface area contributed by atoms with Crippen molar-refractivity contribution in [2.75, 3.05) is 56.7 Å². The predicted octanol–water partition coefficient (Wildman–Crippen LogP) is 0.286. The minimum absolute atomic E-state index is 0.213. The topological polar surface area (TPSA) is 138 Å². The number of rotatable bonds is 8. The molecule has 1 saturated carbocycles. The van der Waals surface area contributed by atoms with Crippen LogP contribution in [0.4, 0.5) is 5.69 Å². The average molecular weight is 638 g/mol. The predicted molar refractivity (Wildman–Crippen MR) is 163 cm³/mol. The number of carbonyl (C=O) groups excluding carboxylic acids is 2. The number of carboxylic acids is 1. The van der Waals surface area contributed by atoms with Crippen LogP contribution in [0.25, 0.3) is 10.8 Å². The van der Waals surface area contributed by atoms with Gasteiger partial charge in [-0.15, -0.1) is 0 Å². The van der Waals surface area contributed by atoms with Crippen molar-refractivity contribution in [3.63, 3.8) is 0 Å². The number of quaternary nitrogens is 2. The molecule has 5 atom stereocenters. The third-order valence-electron chi connectivity index (χ3n) is 12.1.